The van der Waals surface area contributed by atoms with Gasteiger partial charge in [0.05, 0.1) is 19.3 Å². The normalized spacial score (nSPS) is 43.0. The highest BCUT2D eigenvalue weighted by atomic mass is 16.8. The number of hydrogen-bond acceptors (Lipinski definition) is 6. The molecule has 0 aromatic rings. The Bertz CT molecular complexity index is 305. The molecule has 4 atom stereocenters. The van der Waals surface area contributed by atoms with E-state index in [2.05, 4.69) is 0 Å². The average Bonchev–Trinajstić information content (AvgIpc) is 2.57. The van der Waals surface area contributed by atoms with E-state index in [4.69, 9.17) is 24.7 Å². The Balaban J connectivity index is 2.13. The molecule has 0 aromatic carbocycles. The molecule has 2 rings (SSSR count). The van der Waals surface area contributed by atoms with Crippen LogP contribution in [0.15, 0.2) is 0 Å². The summed E-state index contributed by atoms with van der Waals surface area (Å²) in [5.74, 6) is -1.43. The maximum atomic E-state index is 9.38. The predicted molar refractivity (Wildman–Crippen MR) is 63.8 cm³/mol. The van der Waals surface area contributed by atoms with Gasteiger partial charge in [0.2, 0.25) is 0 Å². The van der Waals surface area contributed by atoms with E-state index < -0.39 is 17.7 Å². The molecule has 1 unspecified atom stereocenters. The predicted octanol–water partition coefficient (Wildman–Crippen LogP) is -0.0224. The number of aliphatic hydroxyl groups excluding tert-OH is 1. The van der Waals surface area contributed by atoms with Crippen LogP contribution in [0.25, 0.3) is 0 Å². The van der Waals surface area contributed by atoms with Crippen molar-refractivity contribution in [3.05, 3.63) is 0 Å². The fourth-order valence-electron chi connectivity index (χ4n) is 2.43. The molecule has 2 saturated heterocycles. The van der Waals surface area contributed by atoms with Gasteiger partial charge in [0.25, 0.3) is 0 Å². The van der Waals surface area contributed by atoms with E-state index in [9.17, 15) is 5.11 Å². The van der Waals surface area contributed by atoms with Crippen LogP contribution in [-0.4, -0.2) is 54.2 Å². The minimum absolute atomic E-state index is 0.123. The molecule has 2 aliphatic heterocycles. The van der Waals surface area contributed by atoms with Gasteiger partial charge in [-0.2, -0.15) is 0 Å². The highest BCUT2D eigenvalue weighted by molar-refractivity contribution is 4.94. The average molecular weight is 261 g/mol. The molecule has 0 radical (unpaired) electrons. The van der Waals surface area contributed by atoms with Gasteiger partial charge < -0.3 is 29.8 Å². The van der Waals surface area contributed by atoms with Crippen molar-refractivity contribution in [3.8, 4) is 0 Å². The Morgan fingerprint density at radius 2 is 1.67 bits per heavy atom. The van der Waals surface area contributed by atoms with Crippen molar-refractivity contribution in [1.29, 1.82) is 0 Å². The first-order valence-corrected chi connectivity index (χ1v) is 6.28. The molecular weight excluding hydrogens is 238 g/mol. The van der Waals surface area contributed by atoms with Gasteiger partial charge in [-0.05, 0) is 27.7 Å². The second kappa shape index (κ2) is 4.70. The van der Waals surface area contributed by atoms with Crippen LogP contribution in [0.5, 0.6) is 0 Å². The lowest BCUT2D eigenvalue weighted by Crippen LogP contribution is -2.59. The lowest BCUT2D eigenvalue weighted by Gasteiger charge is -2.42. The molecule has 18 heavy (non-hydrogen) atoms. The zero-order valence-corrected chi connectivity index (χ0v) is 11.4. The van der Waals surface area contributed by atoms with E-state index in [0.29, 0.717) is 6.61 Å². The van der Waals surface area contributed by atoms with E-state index >= 15 is 0 Å². The standard InChI is InChI=1S/C12H23NO5/c1-11(2)15-6-7(13)9(17-11)10-8(5-14)16-12(3,4)18-10/h7-10,14H,5-6,13H2,1-4H3/t7-,8-,9?,10-/m1/s1. The smallest absolute Gasteiger partial charge is 0.164 e. The summed E-state index contributed by atoms with van der Waals surface area (Å²) in [6.45, 7) is 7.57. The van der Waals surface area contributed by atoms with Crippen LogP contribution in [0.2, 0.25) is 0 Å². The summed E-state index contributed by atoms with van der Waals surface area (Å²) >= 11 is 0. The fourth-order valence-corrected chi connectivity index (χ4v) is 2.43. The molecule has 0 aliphatic carbocycles. The van der Waals surface area contributed by atoms with Crippen LogP contribution in [0, 0.1) is 0 Å². The quantitative estimate of drug-likeness (QED) is 0.727. The molecule has 0 saturated carbocycles. The van der Waals surface area contributed by atoms with Crippen molar-refractivity contribution < 1.29 is 24.1 Å². The second-order valence-corrected chi connectivity index (χ2v) is 5.78. The first-order chi connectivity index (χ1) is 8.24. The molecule has 2 fully saturated rings. The van der Waals surface area contributed by atoms with E-state index in [0.717, 1.165) is 0 Å². The highest BCUT2D eigenvalue weighted by Gasteiger charge is 2.50. The van der Waals surface area contributed by atoms with Gasteiger partial charge >= 0.3 is 0 Å². The Kier molecular flexibility index (Phi) is 3.70. The van der Waals surface area contributed by atoms with Crippen LogP contribution in [0.1, 0.15) is 27.7 Å². The second-order valence-electron chi connectivity index (χ2n) is 5.78. The largest absolute Gasteiger partial charge is 0.394 e. The monoisotopic (exact) mass is 261 g/mol. The van der Waals surface area contributed by atoms with Gasteiger partial charge in [-0.3, -0.25) is 0 Å². The molecule has 3 N–H and O–H groups in total. The van der Waals surface area contributed by atoms with E-state index in [1.54, 1.807) is 0 Å². The molecule has 106 valence electrons. The van der Waals surface area contributed by atoms with Gasteiger partial charge in [0.15, 0.2) is 11.6 Å². The number of rotatable bonds is 2. The molecule has 2 heterocycles. The number of aliphatic hydroxyl groups is 1. The van der Waals surface area contributed by atoms with Crippen molar-refractivity contribution in [2.75, 3.05) is 13.2 Å². The molecule has 0 bridgehead atoms. The third-order valence-electron chi connectivity index (χ3n) is 3.19. The van der Waals surface area contributed by atoms with Crippen LogP contribution in [0.3, 0.4) is 0 Å². The third kappa shape index (κ3) is 2.84. The van der Waals surface area contributed by atoms with Crippen LogP contribution >= 0.6 is 0 Å². The van der Waals surface area contributed by atoms with E-state index in [1.165, 1.54) is 0 Å². The minimum atomic E-state index is -0.733. The molecule has 0 amide bonds. The third-order valence-corrected chi connectivity index (χ3v) is 3.19. The maximum Gasteiger partial charge on any atom is 0.164 e. The Labute approximate surface area is 107 Å². The minimum Gasteiger partial charge on any atom is -0.394 e. The first kappa shape index (κ1) is 14.2. The summed E-state index contributed by atoms with van der Waals surface area (Å²) in [5.41, 5.74) is 6.02. The van der Waals surface area contributed by atoms with Crippen molar-refractivity contribution in [2.45, 2.75) is 63.6 Å². The molecular formula is C12H23NO5. The number of ether oxygens (including phenoxy) is 4. The summed E-state index contributed by atoms with van der Waals surface area (Å²) in [6, 6.07) is -0.297. The molecule has 0 spiro atoms. The van der Waals surface area contributed by atoms with Crippen molar-refractivity contribution >= 4 is 0 Å². The summed E-state index contributed by atoms with van der Waals surface area (Å²) in [6.07, 6.45) is -1.17. The summed E-state index contributed by atoms with van der Waals surface area (Å²) < 4.78 is 22.8. The molecule has 6 heteroatoms. The van der Waals surface area contributed by atoms with Crippen molar-refractivity contribution in [3.63, 3.8) is 0 Å². The Morgan fingerprint density at radius 1 is 1.06 bits per heavy atom. The van der Waals surface area contributed by atoms with E-state index in [-0.39, 0.29) is 24.9 Å². The highest BCUT2D eigenvalue weighted by Crippen LogP contribution is 2.34. The number of nitrogens with two attached hydrogens (primary N) is 1. The van der Waals surface area contributed by atoms with Gasteiger partial charge in [0, 0.05) is 0 Å². The Hall–Kier alpha value is -0.240. The summed E-state index contributed by atoms with van der Waals surface area (Å²) in [5, 5.41) is 9.38. The topological polar surface area (TPSA) is 83.2 Å². The van der Waals surface area contributed by atoms with Crippen LogP contribution in [0.4, 0.5) is 0 Å². The van der Waals surface area contributed by atoms with Crippen molar-refractivity contribution in [1.82, 2.24) is 0 Å². The molecule has 2 aliphatic rings. The van der Waals surface area contributed by atoms with Gasteiger partial charge in [-0.1, -0.05) is 0 Å². The van der Waals surface area contributed by atoms with Gasteiger partial charge in [-0.15, -0.1) is 0 Å². The van der Waals surface area contributed by atoms with Crippen LogP contribution in [-0.2, 0) is 18.9 Å². The zero-order valence-electron chi connectivity index (χ0n) is 11.4. The van der Waals surface area contributed by atoms with Gasteiger partial charge in [0.1, 0.15) is 18.3 Å². The lowest BCUT2D eigenvalue weighted by atomic mass is 10.0. The molecule has 6 nitrogen and oxygen atoms in total. The first-order valence-electron chi connectivity index (χ1n) is 6.28. The van der Waals surface area contributed by atoms with Crippen molar-refractivity contribution in [2.24, 2.45) is 5.73 Å². The lowest BCUT2D eigenvalue weighted by molar-refractivity contribution is -0.299. The molecule has 0 aromatic heterocycles. The summed E-state index contributed by atoms with van der Waals surface area (Å²) in [4.78, 5) is 0. The maximum absolute atomic E-state index is 9.38. The van der Waals surface area contributed by atoms with Crippen LogP contribution < -0.4 is 5.73 Å². The fraction of sp³-hybridized carbons (Fsp3) is 1.00. The zero-order chi connectivity index (χ0) is 13.6. The SMILES string of the molecule is CC1(C)OC[C@@H](N)C([C@@H]2OC(C)(C)O[C@@H]2CO)O1. The summed E-state index contributed by atoms with van der Waals surface area (Å²) in [7, 11) is 0. The Morgan fingerprint density at radius 3 is 2.28 bits per heavy atom. The number of hydrogen-bond donors (Lipinski definition) is 2. The van der Waals surface area contributed by atoms with E-state index in [1.807, 2.05) is 27.7 Å². The van der Waals surface area contributed by atoms with Gasteiger partial charge in [-0.25, -0.2) is 0 Å².